The first-order valence-electron chi connectivity index (χ1n) is 10.5. The lowest BCUT2D eigenvalue weighted by Gasteiger charge is -2.34. The standard InChI is InChI=1S/C24H27N3O3/c1-17-7-9-20(10-8-17)24-25-21(30-26-24)11-12-22(28)27-15-13-19(14-16-27)23(29)18-5-3-2-4-6-18/h2-10,19,23,29H,11-16H2,1H3/t23-/m0/s1. The van der Waals surface area contributed by atoms with Crippen LogP contribution in [-0.2, 0) is 11.2 Å². The van der Waals surface area contributed by atoms with Crippen molar-refractivity contribution in [2.75, 3.05) is 13.1 Å². The Morgan fingerprint density at radius 1 is 1.13 bits per heavy atom. The van der Waals surface area contributed by atoms with Gasteiger partial charge in [-0.1, -0.05) is 65.3 Å². The fourth-order valence-corrected chi connectivity index (χ4v) is 3.94. The van der Waals surface area contributed by atoms with Gasteiger partial charge in [0.1, 0.15) is 0 Å². The highest BCUT2D eigenvalue weighted by atomic mass is 16.5. The second-order valence-electron chi connectivity index (χ2n) is 7.95. The summed E-state index contributed by atoms with van der Waals surface area (Å²) in [5, 5.41) is 14.6. The molecule has 1 fully saturated rings. The molecule has 0 bridgehead atoms. The van der Waals surface area contributed by atoms with E-state index >= 15 is 0 Å². The van der Waals surface area contributed by atoms with Gasteiger partial charge in [-0.25, -0.2) is 0 Å². The molecule has 156 valence electrons. The number of piperidine rings is 1. The zero-order chi connectivity index (χ0) is 20.9. The van der Waals surface area contributed by atoms with Gasteiger partial charge >= 0.3 is 0 Å². The highest BCUT2D eigenvalue weighted by molar-refractivity contribution is 5.76. The SMILES string of the molecule is Cc1ccc(-c2noc(CCC(=O)N3CCC([C@@H](O)c4ccccc4)CC3)n2)cc1. The van der Waals surface area contributed by atoms with Crippen LogP contribution in [0, 0.1) is 12.8 Å². The number of aliphatic hydroxyl groups excluding tert-OH is 1. The topological polar surface area (TPSA) is 79.5 Å². The third-order valence-corrected chi connectivity index (χ3v) is 5.81. The minimum absolute atomic E-state index is 0.0951. The van der Waals surface area contributed by atoms with Crippen molar-refractivity contribution >= 4 is 5.91 Å². The second kappa shape index (κ2) is 9.22. The van der Waals surface area contributed by atoms with Gasteiger partial charge in [0.25, 0.3) is 0 Å². The largest absolute Gasteiger partial charge is 0.388 e. The van der Waals surface area contributed by atoms with Crippen LogP contribution in [0.3, 0.4) is 0 Å². The molecule has 0 radical (unpaired) electrons. The molecule has 1 atom stereocenters. The minimum atomic E-state index is -0.470. The monoisotopic (exact) mass is 405 g/mol. The van der Waals surface area contributed by atoms with Gasteiger partial charge < -0.3 is 14.5 Å². The molecular formula is C24H27N3O3. The molecule has 0 saturated carbocycles. The summed E-state index contributed by atoms with van der Waals surface area (Å²) in [6, 6.07) is 17.7. The number of carbonyl (C=O) groups is 1. The number of benzene rings is 2. The van der Waals surface area contributed by atoms with Crippen LogP contribution in [0.5, 0.6) is 0 Å². The van der Waals surface area contributed by atoms with Gasteiger partial charge in [-0.3, -0.25) is 4.79 Å². The van der Waals surface area contributed by atoms with E-state index in [4.69, 9.17) is 4.52 Å². The van der Waals surface area contributed by atoms with Gasteiger partial charge in [-0.15, -0.1) is 0 Å². The quantitative estimate of drug-likeness (QED) is 0.672. The number of amides is 1. The van der Waals surface area contributed by atoms with Crippen LogP contribution in [-0.4, -0.2) is 39.1 Å². The second-order valence-corrected chi connectivity index (χ2v) is 7.95. The average molecular weight is 405 g/mol. The van der Waals surface area contributed by atoms with Crippen molar-refractivity contribution < 1.29 is 14.4 Å². The van der Waals surface area contributed by atoms with Crippen molar-refractivity contribution in [1.82, 2.24) is 15.0 Å². The van der Waals surface area contributed by atoms with E-state index in [0.29, 0.717) is 37.6 Å². The number of carbonyl (C=O) groups excluding carboxylic acids is 1. The van der Waals surface area contributed by atoms with Crippen LogP contribution >= 0.6 is 0 Å². The Morgan fingerprint density at radius 3 is 2.53 bits per heavy atom. The number of hydrogen-bond acceptors (Lipinski definition) is 5. The number of nitrogens with zero attached hydrogens (tertiary/aromatic N) is 3. The number of hydrogen-bond donors (Lipinski definition) is 1. The first-order chi connectivity index (χ1) is 14.6. The van der Waals surface area contributed by atoms with Crippen molar-refractivity contribution in [3.8, 4) is 11.4 Å². The van der Waals surface area contributed by atoms with E-state index in [1.807, 2.05) is 66.4 Å². The molecule has 0 spiro atoms. The molecule has 1 amide bonds. The maximum absolute atomic E-state index is 12.6. The highest BCUT2D eigenvalue weighted by Crippen LogP contribution is 2.30. The van der Waals surface area contributed by atoms with E-state index in [-0.39, 0.29) is 11.8 Å². The first kappa shape index (κ1) is 20.3. The third kappa shape index (κ3) is 4.76. The summed E-state index contributed by atoms with van der Waals surface area (Å²) in [6.45, 7) is 3.37. The van der Waals surface area contributed by atoms with E-state index in [9.17, 15) is 9.90 Å². The van der Waals surface area contributed by atoms with Gasteiger partial charge in [-0.05, 0) is 31.2 Å². The average Bonchev–Trinajstić information content (AvgIpc) is 3.27. The maximum Gasteiger partial charge on any atom is 0.227 e. The first-order valence-corrected chi connectivity index (χ1v) is 10.5. The lowest BCUT2D eigenvalue weighted by molar-refractivity contribution is -0.133. The van der Waals surface area contributed by atoms with Crippen LogP contribution in [0.15, 0.2) is 59.1 Å². The Balaban J connectivity index is 1.26. The molecule has 6 nitrogen and oxygen atoms in total. The summed E-state index contributed by atoms with van der Waals surface area (Å²) in [7, 11) is 0. The zero-order valence-corrected chi connectivity index (χ0v) is 17.2. The summed E-state index contributed by atoms with van der Waals surface area (Å²) < 4.78 is 5.32. The molecule has 0 unspecified atom stereocenters. The van der Waals surface area contributed by atoms with E-state index in [1.165, 1.54) is 5.56 Å². The molecule has 1 aromatic heterocycles. The third-order valence-electron chi connectivity index (χ3n) is 5.81. The van der Waals surface area contributed by atoms with Crippen molar-refractivity contribution in [3.05, 3.63) is 71.6 Å². The summed E-state index contributed by atoms with van der Waals surface area (Å²) in [5.41, 5.74) is 3.03. The van der Waals surface area contributed by atoms with Crippen molar-refractivity contribution in [2.24, 2.45) is 5.92 Å². The van der Waals surface area contributed by atoms with Crippen LogP contribution in [0.4, 0.5) is 0 Å². The molecule has 1 N–H and O–H groups in total. The van der Waals surface area contributed by atoms with Gasteiger partial charge in [0.2, 0.25) is 17.6 Å². The molecule has 4 rings (SSSR count). The van der Waals surface area contributed by atoms with Gasteiger partial charge in [0.15, 0.2) is 0 Å². The fraction of sp³-hybridized carbons (Fsp3) is 0.375. The normalized spacial score (nSPS) is 15.9. The molecule has 1 aliphatic heterocycles. The van der Waals surface area contributed by atoms with Crippen molar-refractivity contribution in [2.45, 2.75) is 38.7 Å². The zero-order valence-electron chi connectivity index (χ0n) is 17.2. The molecule has 0 aliphatic carbocycles. The number of aliphatic hydroxyl groups is 1. The fourth-order valence-electron chi connectivity index (χ4n) is 3.94. The summed E-state index contributed by atoms with van der Waals surface area (Å²) in [5.74, 6) is 1.31. The van der Waals surface area contributed by atoms with E-state index in [2.05, 4.69) is 10.1 Å². The smallest absolute Gasteiger partial charge is 0.227 e. The van der Waals surface area contributed by atoms with Crippen LogP contribution < -0.4 is 0 Å². The van der Waals surface area contributed by atoms with Gasteiger partial charge in [0.05, 0.1) is 6.10 Å². The Morgan fingerprint density at radius 2 is 1.83 bits per heavy atom. The number of rotatable bonds is 6. The van der Waals surface area contributed by atoms with Crippen molar-refractivity contribution in [3.63, 3.8) is 0 Å². The Bertz CT molecular complexity index is 961. The van der Waals surface area contributed by atoms with E-state index < -0.39 is 6.10 Å². The van der Waals surface area contributed by atoms with Crippen molar-refractivity contribution in [1.29, 1.82) is 0 Å². The molecule has 3 aromatic rings. The Hall–Kier alpha value is -2.99. The van der Waals surface area contributed by atoms with Crippen LogP contribution in [0.1, 0.15) is 42.4 Å². The number of aryl methyl sites for hydroxylation is 2. The summed E-state index contributed by atoms with van der Waals surface area (Å²) in [6.07, 6.45) is 1.92. The number of likely N-dealkylation sites (tertiary alicyclic amines) is 1. The molecule has 1 aliphatic rings. The molecule has 1 saturated heterocycles. The van der Waals surface area contributed by atoms with Gasteiger partial charge in [0, 0.05) is 31.5 Å². The van der Waals surface area contributed by atoms with Crippen LogP contribution in [0.2, 0.25) is 0 Å². The predicted octanol–water partition coefficient (Wildman–Crippen LogP) is 3.95. The lowest BCUT2D eigenvalue weighted by Crippen LogP contribution is -2.39. The van der Waals surface area contributed by atoms with E-state index in [0.717, 1.165) is 24.0 Å². The van der Waals surface area contributed by atoms with Gasteiger partial charge in [-0.2, -0.15) is 4.98 Å². The van der Waals surface area contributed by atoms with Crippen LogP contribution in [0.25, 0.3) is 11.4 Å². The molecule has 30 heavy (non-hydrogen) atoms. The van der Waals surface area contributed by atoms with E-state index in [1.54, 1.807) is 0 Å². The maximum atomic E-state index is 12.6. The lowest BCUT2D eigenvalue weighted by atomic mass is 9.87. The Kier molecular flexibility index (Phi) is 6.23. The molecule has 2 aromatic carbocycles. The molecular weight excluding hydrogens is 378 g/mol. The molecule has 6 heteroatoms. The Labute approximate surface area is 176 Å². The highest BCUT2D eigenvalue weighted by Gasteiger charge is 2.28. The molecule has 2 heterocycles. The summed E-state index contributed by atoms with van der Waals surface area (Å²) in [4.78, 5) is 18.9. The minimum Gasteiger partial charge on any atom is -0.388 e. The number of aromatic nitrogens is 2. The summed E-state index contributed by atoms with van der Waals surface area (Å²) >= 11 is 0. The predicted molar refractivity (Wildman–Crippen MR) is 113 cm³/mol.